The molecule has 0 saturated heterocycles. The lowest BCUT2D eigenvalue weighted by molar-refractivity contribution is 0.747. The second kappa shape index (κ2) is 9.07. The fourth-order valence-corrected chi connectivity index (χ4v) is 3.89. The predicted octanol–water partition coefficient (Wildman–Crippen LogP) is 4.46. The van der Waals surface area contributed by atoms with Gasteiger partial charge < -0.3 is 11.1 Å². The molecule has 0 radical (unpaired) electrons. The van der Waals surface area contributed by atoms with Crippen LogP contribution in [-0.4, -0.2) is 37.0 Å². The first kappa shape index (κ1) is 20.7. The second-order valence-electron chi connectivity index (χ2n) is 7.59. The fourth-order valence-electron chi connectivity index (χ4n) is 3.89. The molecule has 1 saturated carbocycles. The van der Waals surface area contributed by atoms with Crippen LogP contribution in [0.3, 0.4) is 0 Å². The van der Waals surface area contributed by atoms with Crippen LogP contribution in [0, 0.1) is 0 Å². The van der Waals surface area contributed by atoms with Crippen LogP contribution in [0.5, 0.6) is 0 Å². The van der Waals surface area contributed by atoms with Gasteiger partial charge in [0, 0.05) is 35.8 Å². The molecule has 8 heteroatoms. The Morgan fingerprint density at radius 1 is 1.29 bits per heavy atom. The Labute approximate surface area is 182 Å². The Morgan fingerprint density at radius 3 is 2.81 bits per heavy atom. The summed E-state index contributed by atoms with van der Waals surface area (Å²) in [4.78, 5) is 18.4. The number of hydrogen-bond acceptors (Lipinski definition) is 7. The van der Waals surface area contributed by atoms with Crippen LogP contribution in [0.4, 0.5) is 11.6 Å². The molecule has 0 unspecified atom stereocenters. The standard InChI is InChI=1S/C23H28N8/c1-4-17(12-25-6-3)31-14-15(11-27-31)18-13-26-22(24)21-20(18)30-23(19(5-2)29-21)28-16-9-7-8-10-16/h4,6,11-14,16H,1,5,7-10H2,2-3H3,(H2,24,26)(H,28,30)/b17-12+,25-6-. The molecule has 160 valence electrons. The molecule has 3 aromatic rings. The summed E-state index contributed by atoms with van der Waals surface area (Å²) >= 11 is 0. The van der Waals surface area contributed by atoms with Crippen molar-refractivity contribution < 1.29 is 0 Å². The monoisotopic (exact) mass is 416 g/mol. The molecule has 0 amide bonds. The minimum Gasteiger partial charge on any atom is -0.382 e. The van der Waals surface area contributed by atoms with Crippen molar-refractivity contribution in [2.45, 2.75) is 52.0 Å². The molecule has 1 aliphatic carbocycles. The number of allylic oxidation sites excluding steroid dienone is 2. The zero-order valence-electron chi connectivity index (χ0n) is 18.0. The number of rotatable bonds is 7. The number of pyridine rings is 1. The van der Waals surface area contributed by atoms with Gasteiger partial charge in [-0.15, -0.1) is 0 Å². The molecule has 1 aliphatic rings. The number of anilines is 2. The van der Waals surface area contributed by atoms with E-state index in [2.05, 4.69) is 33.9 Å². The van der Waals surface area contributed by atoms with Crippen molar-refractivity contribution in [1.29, 1.82) is 0 Å². The van der Waals surface area contributed by atoms with Gasteiger partial charge in [0.2, 0.25) is 0 Å². The van der Waals surface area contributed by atoms with E-state index in [1.165, 1.54) is 12.8 Å². The Hall–Kier alpha value is -3.55. The van der Waals surface area contributed by atoms with Crippen molar-refractivity contribution in [3.05, 3.63) is 43.1 Å². The molecule has 1 fully saturated rings. The number of aryl methyl sites for hydroxylation is 1. The first-order chi connectivity index (χ1) is 15.1. The molecule has 0 aromatic carbocycles. The number of aromatic nitrogens is 5. The highest BCUT2D eigenvalue weighted by Gasteiger charge is 2.20. The Balaban J connectivity index is 1.81. The summed E-state index contributed by atoms with van der Waals surface area (Å²) in [5, 5.41) is 8.08. The van der Waals surface area contributed by atoms with Gasteiger partial charge in [-0.1, -0.05) is 26.3 Å². The molecular weight excluding hydrogens is 388 g/mol. The van der Waals surface area contributed by atoms with Crippen LogP contribution in [0.15, 0.2) is 42.4 Å². The van der Waals surface area contributed by atoms with Crippen molar-refractivity contribution in [1.82, 2.24) is 24.7 Å². The first-order valence-corrected chi connectivity index (χ1v) is 10.7. The fraction of sp³-hybridized carbons (Fsp3) is 0.348. The van der Waals surface area contributed by atoms with Crippen LogP contribution < -0.4 is 11.1 Å². The summed E-state index contributed by atoms with van der Waals surface area (Å²) in [6.45, 7) is 7.79. The lowest BCUT2D eigenvalue weighted by atomic mass is 10.1. The molecule has 31 heavy (non-hydrogen) atoms. The van der Waals surface area contributed by atoms with E-state index >= 15 is 0 Å². The molecule has 0 bridgehead atoms. The molecule has 8 nitrogen and oxygen atoms in total. The zero-order chi connectivity index (χ0) is 21.8. The van der Waals surface area contributed by atoms with E-state index in [9.17, 15) is 0 Å². The number of hydrogen-bond donors (Lipinski definition) is 2. The third kappa shape index (κ3) is 4.19. The third-order valence-corrected chi connectivity index (χ3v) is 5.55. The molecule has 0 aliphatic heterocycles. The number of nitrogens with zero attached hydrogens (tertiary/aromatic N) is 6. The Kier molecular flexibility index (Phi) is 6.06. The first-order valence-electron chi connectivity index (χ1n) is 10.7. The van der Waals surface area contributed by atoms with Crippen molar-refractivity contribution >= 4 is 34.6 Å². The summed E-state index contributed by atoms with van der Waals surface area (Å²) in [6.07, 6.45) is 16.2. The number of nitrogens with two attached hydrogens (primary N) is 1. The van der Waals surface area contributed by atoms with E-state index in [1.54, 1.807) is 35.6 Å². The summed E-state index contributed by atoms with van der Waals surface area (Å²) in [5.41, 5.74) is 10.9. The lowest BCUT2D eigenvalue weighted by Gasteiger charge is -2.17. The smallest absolute Gasteiger partial charge is 0.151 e. The normalized spacial score (nSPS) is 15.2. The quantitative estimate of drug-likeness (QED) is 0.435. The highest BCUT2D eigenvalue weighted by Crippen LogP contribution is 2.31. The number of nitrogens with one attached hydrogen (secondary N) is 1. The summed E-state index contributed by atoms with van der Waals surface area (Å²) in [7, 11) is 0. The molecule has 3 heterocycles. The highest BCUT2D eigenvalue weighted by molar-refractivity contribution is 5.96. The van der Waals surface area contributed by atoms with Crippen LogP contribution in [0.1, 0.15) is 45.2 Å². The van der Waals surface area contributed by atoms with Crippen LogP contribution in [-0.2, 0) is 6.42 Å². The largest absolute Gasteiger partial charge is 0.382 e. The average Bonchev–Trinajstić information content (AvgIpc) is 3.47. The predicted molar refractivity (Wildman–Crippen MR) is 127 cm³/mol. The minimum absolute atomic E-state index is 0.379. The van der Waals surface area contributed by atoms with Gasteiger partial charge in [-0.05, 0) is 32.3 Å². The van der Waals surface area contributed by atoms with Crippen LogP contribution in [0.2, 0.25) is 0 Å². The summed E-state index contributed by atoms with van der Waals surface area (Å²) in [5.74, 6) is 1.22. The van der Waals surface area contributed by atoms with Crippen LogP contribution in [0.25, 0.3) is 27.9 Å². The molecule has 4 rings (SSSR count). The second-order valence-corrected chi connectivity index (χ2v) is 7.59. The molecular formula is C23H28N8. The molecule has 0 atom stereocenters. The topological polar surface area (TPSA) is 107 Å². The van der Waals surface area contributed by atoms with Gasteiger partial charge in [-0.25, -0.2) is 19.6 Å². The number of nitrogen functional groups attached to an aromatic ring is 1. The van der Waals surface area contributed by atoms with Gasteiger partial charge >= 0.3 is 0 Å². The van der Waals surface area contributed by atoms with E-state index in [4.69, 9.17) is 15.7 Å². The maximum atomic E-state index is 6.18. The van der Waals surface area contributed by atoms with Gasteiger partial charge in [-0.2, -0.15) is 5.10 Å². The highest BCUT2D eigenvalue weighted by atomic mass is 15.3. The van der Waals surface area contributed by atoms with E-state index in [-0.39, 0.29) is 0 Å². The van der Waals surface area contributed by atoms with Gasteiger partial charge in [0.05, 0.1) is 23.8 Å². The maximum absolute atomic E-state index is 6.18. The van der Waals surface area contributed by atoms with E-state index < -0.39 is 0 Å². The molecule has 3 N–H and O–H groups in total. The van der Waals surface area contributed by atoms with E-state index in [0.717, 1.165) is 53.1 Å². The SMILES string of the molecule is C=C/C(=C\N=C/C)n1cc(-c2cnc(N)c3nc(CC)c(NC4CCCC4)nc23)cn1. The Bertz CT molecular complexity index is 1150. The summed E-state index contributed by atoms with van der Waals surface area (Å²) in [6, 6.07) is 0.446. The maximum Gasteiger partial charge on any atom is 0.151 e. The van der Waals surface area contributed by atoms with Crippen molar-refractivity contribution in [3.8, 4) is 11.1 Å². The molecule has 3 aromatic heterocycles. The number of fused-ring (bicyclic) bond motifs is 1. The van der Waals surface area contributed by atoms with Crippen molar-refractivity contribution in [2.75, 3.05) is 11.1 Å². The van der Waals surface area contributed by atoms with Gasteiger partial charge in [0.25, 0.3) is 0 Å². The Morgan fingerprint density at radius 2 is 2.10 bits per heavy atom. The van der Waals surface area contributed by atoms with Crippen molar-refractivity contribution in [3.63, 3.8) is 0 Å². The number of aliphatic imine (C=N–C) groups is 1. The molecule has 0 spiro atoms. The summed E-state index contributed by atoms with van der Waals surface area (Å²) < 4.78 is 1.73. The average molecular weight is 417 g/mol. The third-order valence-electron chi connectivity index (χ3n) is 5.55. The van der Waals surface area contributed by atoms with Gasteiger partial charge in [-0.3, -0.25) is 4.99 Å². The van der Waals surface area contributed by atoms with E-state index in [0.29, 0.717) is 17.4 Å². The van der Waals surface area contributed by atoms with Gasteiger partial charge in [0.15, 0.2) is 5.82 Å². The van der Waals surface area contributed by atoms with Crippen molar-refractivity contribution in [2.24, 2.45) is 4.99 Å². The van der Waals surface area contributed by atoms with Gasteiger partial charge in [0.1, 0.15) is 16.9 Å². The zero-order valence-corrected chi connectivity index (χ0v) is 18.0. The lowest BCUT2D eigenvalue weighted by Crippen LogP contribution is -2.18. The minimum atomic E-state index is 0.379. The van der Waals surface area contributed by atoms with Crippen LogP contribution >= 0.6 is 0 Å². The van der Waals surface area contributed by atoms with E-state index in [1.807, 2.05) is 13.1 Å².